The molecule has 0 atom stereocenters. The lowest BCUT2D eigenvalue weighted by Crippen LogP contribution is -2.25. The molecule has 1 saturated carbocycles. The van der Waals surface area contributed by atoms with Gasteiger partial charge in [0.15, 0.2) is 0 Å². The van der Waals surface area contributed by atoms with Crippen LogP contribution in [0.15, 0.2) is 53.9 Å². The molecule has 2 N–H and O–H groups in total. The van der Waals surface area contributed by atoms with E-state index in [4.69, 9.17) is 0 Å². The number of amides is 2. The Bertz CT molecular complexity index is 1010. The average molecular weight is 395 g/mol. The highest BCUT2D eigenvalue weighted by Gasteiger charge is 2.23. The zero-order valence-corrected chi connectivity index (χ0v) is 15.8. The number of benzene rings is 2. The van der Waals surface area contributed by atoms with Crippen LogP contribution in [0.4, 0.5) is 10.1 Å². The standard InChI is InChI=1S/C21H18FN3O2S/c22-15-3-1-2-14(10-15)21-25-18(12-28-21)11-19(26)23-16-6-4-13(5-7-16)20(27)24-17-8-9-17/h1-7,10,12,17H,8-9,11H2,(H,23,26)(H,24,27). The van der Waals surface area contributed by atoms with Crippen molar-refractivity contribution < 1.29 is 14.0 Å². The number of aromatic nitrogens is 1. The topological polar surface area (TPSA) is 71.1 Å². The highest BCUT2D eigenvalue weighted by molar-refractivity contribution is 7.13. The van der Waals surface area contributed by atoms with Crippen LogP contribution in [0.3, 0.4) is 0 Å². The zero-order valence-electron chi connectivity index (χ0n) is 14.9. The van der Waals surface area contributed by atoms with Crippen LogP contribution in [0.2, 0.25) is 0 Å². The maximum atomic E-state index is 13.3. The van der Waals surface area contributed by atoms with Gasteiger partial charge in [-0.2, -0.15) is 0 Å². The molecule has 2 amide bonds. The van der Waals surface area contributed by atoms with Crippen molar-refractivity contribution in [3.8, 4) is 10.6 Å². The highest BCUT2D eigenvalue weighted by Crippen LogP contribution is 2.24. The summed E-state index contributed by atoms with van der Waals surface area (Å²) in [5.74, 6) is -0.611. The van der Waals surface area contributed by atoms with Gasteiger partial charge in [-0.25, -0.2) is 9.37 Å². The van der Waals surface area contributed by atoms with E-state index in [0.717, 1.165) is 12.8 Å². The first-order valence-corrected chi connectivity index (χ1v) is 9.86. The number of hydrogen-bond acceptors (Lipinski definition) is 4. The van der Waals surface area contributed by atoms with Gasteiger partial charge in [-0.15, -0.1) is 11.3 Å². The Labute approximate surface area is 165 Å². The van der Waals surface area contributed by atoms with Crippen LogP contribution in [-0.2, 0) is 11.2 Å². The van der Waals surface area contributed by atoms with E-state index < -0.39 is 0 Å². The molecule has 142 valence electrons. The van der Waals surface area contributed by atoms with E-state index in [1.165, 1.54) is 23.5 Å². The molecule has 2 aromatic carbocycles. The van der Waals surface area contributed by atoms with Crippen LogP contribution in [0.1, 0.15) is 28.9 Å². The molecule has 0 unspecified atom stereocenters. The number of carbonyl (C=O) groups is 2. The number of hydrogen-bond donors (Lipinski definition) is 2. The summed E-state index contributed by atoms with van der Waals surface area (Å²) >= 11 is 1.37. The molecule has 1 aliphatic carbocycles. The Morgan fingerprint density at radius 2 is 1.93 bits per heavy atom. The quantitative estimate of drug-likeness (QED) is 0.662. The largest absolute Gasteiger partial charge is 0.349 e. The highest BCUT2D eigenvalue weighted by atomic mass is 32.1. The summed E-state index contributed by atoms with van der Waals surface area (Å²) in [4.78, 5) is 28.7. The van der Waals surface area contributed by atoms with Gasteiger partial charge in [0, 0.05) is 28.2 Å². The van der Waals surface area contributed by atoms with Crippen molar-refractivity contribution in [1.82, 2.24) is 10.3 Å². The normalized spacial score (nSPS) is 13.2. The second-order valence-corrected chi connectivity index (χ2v) is 7.56. The molecule has 4 rings (SSSR count). The summed E-state index contributed by atoms with van der Waals surface area (Å²) in [6.45, 7) is 0. The smallest absolute Gasteiger partial charge is 0.251 e. The van der Waals surface area contributed by atoms with Crippen LogP contribution in [-0.4, -0.2) is 22.8 Å². The third kappa shape index (κ3) is 4.61. The summed E-state index contributed by atoms with van der Waals surface area (Å²) in [5.41, 5.74) is 2.51. The third-order valence-corrected chi connectivity index (χ3v) is 5.25. The number of carbonyl (C=O) groups excluding carboxylic acids is 2. The molecule has 1 aliphatic rings. The minimum Gasteiger partial charge on any atom is -0.349 e. The summed E-state index contributed by atoms with van der Waals surface area (Å²) in [5, 5.41) is 8.20. The molecule has 7 heteroatoms. The van der Waals surface area contributed by atoms with Gasteiger partial charge in [0.05, 0.1) is 12.1 Å². The third-order valence-electron chi connectivity index (χ3n) is 4.31. The molecule has 0 saturated heterocycles. The van der Waals surface area contributed by atoms with Crippen molar-refractivity contribution in [2.24, 2.45) is 0 Å². The summed E-state index contributed by atoms with van der Waals surface area (Å²) in [6.07, 6.45) is 2.20. The second-order valence-electron chi connectivity index (χ2n) is 6.70. The molecular formula is C21H18FN3O2S. The van der Waals surface area contributed by atoms with Crippen LogP contribution in [0.25, 0.3) is 10.6 Å². The van der Waals surface area contributed by atoms with Gasteiger partial charge in [-0.05, 0) is 49.2 Å². The molecule has 1 aromatic heterocycles. The Morgan fingerprint density at radius 3 is 2.64 bits per heavy atom. The van der Waals surface area contributed by atoms with Crippen LogP contribution in [0, 0.1) is 5.82 Å². The Kier molecular flexibility index (Phi) is 5.16. The number of thiazole rings is 1. The fourth-order valence-electron chi connectivity index (χ4n) is 2.71. The van der Waals surface area contributed by atoms with Gasteiger partial charge < -0.3 is 10.6 Å². The number of rotatable bonds is 6. The molecule has 1 fully saturated rings. The van der Waals surface area contributed by atoms with Gasteiger partial charge in [-0.1, -0.05) is 12.1 Å². The zero-order chi connectivity index (χ0) is 19.5. The molecule has 3 aromatic rings. The van der Waals surface area contributed by atoms with Crippen molar-refractivity contribution >= 4 is 28.8 Å². The SMILES string of the molecule is O=C(Cc1csc(-c2cccc(F)c2)n1)Nc1ccc(C(=O)NC2CC2)cc1. The monoisotopic (exact) mass is 395 g/mol. The number of halogens is 1. The van der Waals surface area contributed by atoms with Crippen molar-refractivity contribution in [3.05, 3.63) is 71.0 Å². The lowest BCUT2D eigenvalue weighted by molar-refractivity contribution is -0.115. The molecule has 1 heterocycles. The van der Waals surface area contributed by atoms with Gasteiger partial charge in [0.2, 0.25) is 5.91 Å². The molecule has 0 bridgehead atoms. The van der Waals surface area contributed by atoms with E-state index >= 15 is 0 Å². The summed E-state index contributed by atoms with van der Waals surface area (Å²) in [6, 6.07) is 13.3. The van der Waals surface area contributed by atoms with Crippen molar-refractivity contribution in [1.29, 1.82) is 0 Å². The van der Waals surface area contributed by atoms with Crippen LogP contribution < -0.4 is 10.6 Å². The van der Waals surface area contributed by atoms with Gasteiger partial charge >= 0.3 is 0 Å². The van der Waals surface area contributed by atoms with Crippen LogP contribution in [0.5, 0.6) is 0 Å². The lowest BCUT2D eigenvalue weighted by atomic mass is 10.2. The number of nitrogens with one attached hydrogen (secondary N) is 2. The summed E-state index contributed by atoms with van der Waals surface area (Å²) in [7, 11) is 0. The minimum absolute atomic E-state index is 0.0901. The van der Waals surface area contributed by atoms with Gasteiger partial charge in [-0.3, -0.25) is 9.59 Å². The minimum atomic E-state index is -0.318. The van der Waals surface area contributed by atoms with E-state index in [2.05, 4.69) is 15.6 Å². The maximum Gasteiger partial charge on any atom is 0.251 e. The number of nitrogens with zero attached hydrogens (tertiary/aromatic N) is 1. The van der Waals surface area contributed by atoms with E-state index in [1.807, 2.05) is 0 Å². The predicted molar refractivity (Wildman–Crippen MR) is 107 cm³/mol. The Hall–Kier alpha value is -3.06. The first kappa shape index (κ1) is 18.3. The molecule has 5 nitrogen and oxygen atoms in total. The Morgan fingerprint density at radius 1 is 1.14 bits per heavy atom. The van der Waals surface area contributed by atoms with Gasteiger partial charge in [0.25, 0.3) is 5.91 Å². The first-order chi connectivity index (χ1) is 13.6. The second kappa shape index (κ2) is 7.90. The Balaban J connectivity index is 1.34. The summed E-state index contributed by atoms with van der Waals surface area (Å²) < 4.78 is 13.3. The van der Waals surface area contributed by atoms with Crippen LogP contribution >= 0.6 is 11.3 Å². The first-order valence-electron chi connectivity index (χ1n) is 8.98. The van der Waals surface area contributed by atoms with Crippen molar-refractivity contribution in [2.75, 3.05) is 5.32 Å². The predicted octanol–water partition coefficient (Wildman–Crippen LogP) is 4.02. The van der Waals surface area contributed by atoms with Gasteiger partial charge in [0.1, 0.15) is 10.8 Å². The maximum absolute atomic E-state index is 13.3. The molecule has 28 heavy (non-hydrogen) atoms. The lowest BCUT2D eigenvalue weighted by Gasteiger charge is -2.06. The van der Waals surface area contributed by atoms with E-state index in [0.29, 0.717) is 33.6 Å². The molecule has 0 aliphatic heterocycles. The van der Waals surface area contributed by atoms with E-state index in [9.17, 15) is 14.0 Å². The average Bonchev–Trinajstić information content (AvgIpc) is 3.37. The molecular weight excluding hydrogens is 377 g/mol. The molecule has 0 radical (unpaired) electrons. The number of anilines is 1. The van der Waals surface area contributed by atoms with Crippen molar-refractivity contribution in [3.63, 3.8) is 0 Å². The van der Waals surface area contributed by atoms with E-state index in [1.54, 1.807) is 41.8 Å². The fourth-order valence-corrected chi connectivity index (χ4v) is 3.53. The fraction of sp³-hybridized carbons (Fsp3) is 0.190. The molecule has 0 spiro atoms. The van der Waals surface area contributed by atoms with E-state index in [-0.39, 0.29) is 24.1 Å². The van der Waals surface area contributed by atoms with Crippen molar-refractivity contribution in [2.45, 2.75) is 25.3 Å².